The molecule has 4 N–H and O–H groups in total. The molecule has 0 radical (unpaired) electrons. The molecule has 8 heteroatoms. The molecule has 2 aromatic carbocycles. The number of aromatic hydroxyl groups is 1. The number of halogens is 1. The standard InChI is InChI=1S/C19H18BrN3O3S/c1-23(2)9-10-3-5-11(6-4-10)18(26)22-19-16(17(21)25)12-7-13(20)14(24)8-15(12)27-19/h3-8,24H,9H2,1-2H3,(H2,21,25)(H,22,26). The third-order valence-corrected chi connectivity index (χ3v) is 5.65. The second-order valence-electron chi connectivity index (χ2n) is 6.36. The van der Waals surface area contributed by atoms with Crippen molar-refractivity contribution in [2.75, 3.05) is 19.4 Å². The van der Waals surface area contributed by atoms with Crippen LogP contribution in [0.4, 0.5) is 5.00 Å². The molecule has 2 amide bonds. The van der Waals surface area contributed by atoms with Crippen molar-refractivity contribution < 1.29 is 14.7 Å². The summed E-state index contributed by atoms with van der Waals surface area (Å²) in [5.74, 6) is -0.923. The van der Waals surface area contributed by atoms with Crippen LogP contribution in [0.1, 0.15) is 26.3 Å². The molecule has 3 aromatic rings. The van der Waals surface area contributed by atoms with Gasteiger partial charge in [0.25, 0.3) is 11.8 Å². The van der Waals surface area contributed by atoms with Gasteiger partial charge in [-0.15, -0.1) is 11.3 Å². The first-order chi connectivity index (χ1) is 12.8. The first-order valence-electron chi connectivity index (χ1n) is 8.06. The normalized spacial score (nSPS) is 11.1. The zero-order chi connectivity index (χ0) is 19.7. The Balaban J connectivity index is 1.92. The summed E-state index contributed by atoms with van der Waals surface area (Å²) in [5, 5.41) is 13.6. The molecule has 27 heavy (non-hydrogen) atoms. The second kappa shape index (κ2) is 7.67. The lowest BCUT2D eigenvalue weighted by Gasteiger charge is -2.10. The largest absolute Gasteiger partial charge is 0.507 e. The van der Waals surface area contributed by atoms with Crippen molar-refractivity contribution in [3.05, 3.63) is 57.6 Å². The molecule has 3 rings (SSSR count). The summed E-state index contributed by atoms with van der Waals surface area (Å²) in [5.41, 5.74) is 7.33. The molecule has 140 valence electrons. The van der Waals surface area contributed by atoms with E-state index in [9.17, 15) is 14.7 Å². The van der Waals surface area contributed by atoms with Crippen LogP contribution in [0.15, 0.2) is 40.9 Å². The van der Waals surface area contributed by atoms with Crippen LogP contribution in [-0.2, 0) is 6.54 Å². The monoisotopic (exact) mass is 447 g/mol. The Morgan fingerprint density at radius 3 is 2.48 bits per heavy atom. The lowest BCUT2D eigenvalue weighted by Crippen LogP contribution is -2.17. The van der Waals surface area contributed by atoms with Crippen molar-refractivity contribution in [2.45, 2.75) is 6.54 Å². The Bertz CT molecular complexity index is 1030. The summed E-state index contributed by atoms with van der Waals surface area (Å²) < 4.78 is 1.10. The molecule has 1 aromatic heterocycles. The SMILES string of the molecule is CN(C)Cc1ccc(C(=O)Nc2sc3cc(O)c(Br)cc3c2C(N)=O)cc1. The van der Waals surface area contributed by atoms with Gasteiger partial charge in [-0.05, 0) is 59.9 Å². The van der Waals surface area contributed by atoms with Crippen molar-refractivity contribution in [1.82, 2.24) is 4.90 Å². The van der Waals surface area contributed by atoms with Gasteiger partial charge in [0.1, 0.15) is 10.8 Å². The van der Waals surface area contributed by atoms with Gasteiger partial charge in [0, 0.05) is 22.2 Å². The highest BCUT2D eigenvalue weighted by atomic mass is 79.9. The van der Waals surface area contributed by atoms with E-state index in [0.717, 1.165) is 12.1 Å². The number of thiophene rings is 1. The number of phenolic OH excluding ortho intramolecular Hbond substituents is 1. The topological polar surface area (TPSA) is 95.7 Å². The summed E-state index contributed by atoms with van der Waals surface area (Å²) in [6.45, 7) is 0.780. The predicted molar refractivity (Wildman–Crippen MR) is 111 cm³/mol. The molecule has 0 saturated heterocycles. The molecule has 0 spiro atoms. The summed E-state index contributed by atoms with van der Waals surface area (Å²) in [6.07, 6.45) is 0. The molecule has 6 nitrogen and oxygen atoms in total. The molecule has 0 aliphatic rings. The molecule has 0 atom stereocenters. The Kier molecular flexibility index (Phi) is 5.50. The highest BCUT2D eigenvalue weighted by Gasteiger charge is 2.20. The summed E-state index contributed by atoms with van der Waals surface area (Å²) in [6, 6.07) is 10.4. The number of fused-ring (bicyclic) bond motifs is 1. The molecular formula is C19H18BrN3O3S. The number of carbonyl (C=O) groups is 2. The number of nitrogens with zero attached hydrogens (tertiary/aromatic N) is 1. The smallest absolute Gasteiger partial charge is 0.256 e. The number of benzene rings is 2. The second-order valence-corrected chi connectivity index (χ2v) is 8.27. The first kappa shape index (κ1) is 19.3. The molecule has 0 unspecified atom stereocenters. The molecule has 0 bridgehead atoms. The van der Waals surface area contributed by atoms with Gasteiger partial charge >= 0.3 is 0 Å². The number of nitrogens with two attached hydrogens (primary N) is 1. The van der Waals surface area contributed by atoms with Crippen LogP contribution >= 0.6 is 27.3 Å². The minimum atomic E-state index is -0.643. The van der Waals surface area contributed by atoms with Crippen LogP contribution in [0.3, 0.4) is 0 Å². The third kappa shape index (κ3) is 4.13. The van der Waals surface area contributed by atoms with Crippen LogP contribution in [0, 0.1) is 0 Å². The highest BCUT2D eigenvalue weighted by molar-refractivity contribution is 9.10. The zero-order valence-electron chi connectivity index (χ0n) is 14.7. The van der Waals surface area contributed by atoms with Crippen LogP contribution < -0.4 is 11.1 Å². The number of primary amides is 1. The molecule has 1 heterocycles. The predicted octanol–water partition coefficient (Wildman–Crippen LogP) is 3.78. The van der Waals surface area contributed by atoms with Crippen LogP contribution in [0.2, 0.25) is 0 Å². The minimum Gasteiger partial charge on any atom is -0.507 e. The average Bonchev–Trinajstić information content (AvgIpc) is 2.92. The maximum atomic E-state index is 12.6. The maximum absolute atomic E-state index is 12.6. The number of nitrogens with one attached hydrogen (secondary N) is 1. The number of hydrogen-bond acceptors (Lipinski definition) is 5. The van der Waals surface area contributed by atoms with E-state index in [0.29, 0.717) is 25.1 Å². The number of carbonyl (C=O) groups excluding carboxylic acids is 2. The lowest BCUT2D eigenvalue weighted by molar-refractivity contribution is 0.100. The van der Waals surface area contributed by atoms with E-state index < -0.39 is 5.91 Å². The first-order valence-corrected chi connectivity index (χ1v) is 9.67. The number of hydrogen-bond donors (Lipinski definition) is 3. The van der Waals surface area contributed by atoms with Crippen molar-refractivity contribution in [2.24, 2.45) is 5.73 Å². The fourth-order valence-electron chi connectivity index (χ4n) is 2.74. The van der Waals surface area contributed by atoms with Gasteiger partial charge in [0.05, 0.1) is 10.0 Å². The molecule has 0 aliphatic heterocycles. The van der Waals surface area contributed by atoms with E-state index in [1.165, 1.54) is 17.4 Å². The summed E-state index contributed by atoms with van der Waals surface area (Å²) in [4.78, 5) is 26.6. The van der Waals surface area contributed by atoms with Gasteiger partial charge in [-0.2, -0.15) is 0 Å². The van der Waals surface area contributed by atoms with Crippen molar-refractivity contribution >= 4 is 54.2 Å². The highest BCUT2D eigenvalue weighted by Crippen LogP contribution is 2.40. The van der Waals surface area contributed by atoms with Crippen molar-refractivity contribution in [3.8, 4) is 5.75 Å². The quantitative estimate of drug-likeness (QED) is 0.554. The van der Waals surface area contributed by atoms with Crippen molar-refractivity contribution in [3.63, 3.8) is 0 Å². The van der Waals surface area contributed by atoms with Crippen molar-refractivity contribution in [1.29, 1.82) is 0 Å². The molecule has 0 fully saturated rings. The minimum absolute atomic E-state index is 0.0501. The number of amides is 2. The number of rotatable bonds is 5. The summed E-state index contributed by atoms with van der Waals surface area (Å²) >= 11 is 4.42. The maximum Gasteiger partial charge on any atom is 0.256 e. The molecule has 0 aliphatic carbocycles. The average molecular weight is 448 g/mol. The Labute approximate surface area is 168 Å². The Morgan fingerprint density at radius 1 is 1.22 bits per heavy atom. The number of anilines is 1. The fraction of sp³-hybridized carbons (Fsp3) is 0.158. The van der Waals surface area contributed by atoms with Crippen LogP contribution in [0.25, 0.3) is 10.1 Å². The zero-order valence-corrected chi connectivity index (χ0v) is 17.1. The van der Waals surface area contributed by atoms with Gasteiger partial charge in [-0.1, -0.05) is 12.1 Å². The fourth-order valence-corrected chi connectivity index (χ4v) is 4.20. The van der Waals surface area contributed by atoms with Gasteiger partial charge in [-0.25, -0.2) is 0 Å². The van der Waals surface area contributed by atoms with Gasteiger partial charge in [0.15, 0.2) is 0 Å². The van der Waals surface area contributed by atoms with Crippen LogP contribution in [0.5, 0.6) is 5.75 Å². The Hall–Kier alpha value is -2.42. The van der Waals surface area contributed by atoms with Gasteiger partial charge < -0.3 is 21.1 Å². The molecule has 0 saturated carbocycles. The third-order valence-electron chi connectivity index (χ3n) is 3.95. The van der Waals surface area contributed by atoms with E-state index in [4.69, 9.17) is 5.73 Å². The lowest BCUT2D eigenvalue weighted by atomic mass is 10.1. The van der Waals surface area contributed by atoms with E-state index in [2.05, 4.69) is 21.2 Å². The van der Waals surface area contributed by atoms with E-state index >= 15 is 0 Å². The summed E-state index contributed by atoms with van der Waals surface area (Å²) in [7, 11) is 3.95. The van der Waals surface area contributed by atoms with Gasteiger partial charge in [-0.3, -0.25) is 9.59 Å². The molecular weight excluding hydrogens is 430 g/mol. The van der Waals surface area contributed by atoms with E-state index in [-0.39, 0.29) is 17.2 Å². The van der Waals surface area contributed by atoms with Crippen LogP contribution in [-0.4, -0.2) is 35.9 Å². The van der Waals surface area contributed by atoms with Gasteiger partial charge in [0.2, 0.25) is 0 Å². The Morgan fingerprint density at radius 2 is 1.89 bits per heavy atom. The van der Waals surface area contributed by atoms with E-state index in [1.54, 1.807) is 18.2 Å². The number of phenols is 1. The van der Waals surface area contributed by atoms with E-state index in [1.807, 2.05) is 31.1 Å².